The highest BCUT2D eigenvalue weighted by Gasteiger charge is 2.16. The number of aromatic nitrogens is 1. The number of nitrogens with zero attached hydrogens (tertiary/aromatic N) is 1. The first kappa shape index (κ1) is 13.6. The van der Waals surface area contributed by atoms with Crippen LogP contribution in [0.1, 0.15) is 11.3 Å². The first-order chi connectivity index (χ1) is 10.2. The van der Waals surface area contributed by atoms with Gasteiger partial charge in [-0.05, 0) is 35.4 Å². The van der Waals surface area contributed by atoms with E-state index in [2.05, 4.69) is 29.0 Å². The highest BCUT2D eigenvalue weighted by molar-refractivity contribution is 5.64. The molecule has 0 radical (unpaired) electrons. The maximum atomic E-state index is 5.39. The Balaban J connectivity index is 1.94. The molecule has 21 heavy (non-hydrogen) atoms. The van der Waals surface area contributed by atoms with E-state index in [4.69, 9.17) is 14.2 Å². The minimum absolute atomic E-state index is 0.625. The van der Waals surface area contributed by atoms with E-state index in [1.807, 2.05) is 12.1 Å². The molecule has 0 amide bonds. The minimum Gasteiger partial charge on any atom is -0.493 e. The molecule has 0 N–H and O–H groups in total. The summed E-state index contributed by atoms with van der Waals surface area (Å²) in [5.74, 6) is 1.99. The molecule has 0 fully saturated rings. The van der Waals surface area contributed by atoms with Gasteiger partial charge in [0.1, 0.15) is 0 Å². The predicted octanol–water partition coefficient (Wildman–Crippen LogP) is 3.15. The van der Waals surface area contributed by atoms with Crippen LogP contribution in [0.4, 0.5) is 0 Å². The Kier molecular flexibility index (Phi) is 3.60. The molecule has 4 nitrogen and oxygen atoms in total. The van der Waals surface area contributed by atoms with Gasteiger partial charge in [-0.3, -0.25) is 0 Å². The van der Waals surface area contributed by atoms with Crippen molar-refractivity contribution < 1.29 is 14.2 Å². The SMILES string of the molecule is COc1cc(/C=C2\Cc3cccn3C2)cc(OC)c1OC. The van der Waals surface area contributed by atoms with Gasteiger partial charge in [0.15, 0.2) is 11.5 Å². The van der Waals surface area contributed by atoms with Crippen molar-refractivity contribution in [3.8, 4) is 17.2 Å². The van der Waals surface area contributed by atoms with Crippen LogP contribution < -0.4 is 14.2 Å². The van der Waals surface area contributed by atoms with Gasteiger partial charge in [-0.1, -0.05) is 6.08 Å². The van der Waals surface area contributed by atoms with Gasteiger partial charge in [0.05, 0.1) is 21.3 Å². The van der Waals surface area contributed by atoms with E-state index in [1.165, 1.54) is 11.3 Å². The molecular formula is C17H19NO3. The summed E-state index contributed by atoms with van der Waals surface area (Å²) in [6, 6.07) is 8.20. The van der Waals surface area contributed by atoms with Gasteiger partial charge < -0.3 is 18.8 Å². The molecule has 0 spiro atoms. The maximum absolute atomic E-state index is 5.39. The van der Waals surface area contributed by atoms with E-state index < -0.39 is 0 Å². The highest BCUT2D eigenvalue weighted by Crippen LogP contribution is 2.39. The molecule has 4 heteroatoms. The molecule has 0 atom stereocenters. The lowest BCUT2D eigenvalue weighted by molar-refractivity contribution is 0.324. The van der Waals surface area contributed by atoms with Gasteiger partial charge in [0.2, 0.25) is 5.75 Å². The van der Waals surface area contributed by atoms with Crippen LogP contribution in [0.15, 0.2) is 36.0 Å². The Morgan fingerprint density at radius 2 is 1.76 bits per heavy atom. The van der Waals surface area contributed by atoms with Crippen LogP contribution in [-0.4, -0.2) is 25.9 Å². The fraction of sp³-hybridized carbons (Fsp3) is 0.294. The van der Waals surface area contributed by atoms with E-state index in [1.54, 1.807) is 21.3 Å². The second-order valence-corrected chi connectivity index (χ2v) is 5.07. The largest absolute Gasteiger partial charge is 0.493 e. The molecule has 0 saturated carbocycles. The number of hydrogen-bond donors (Lipinski definition) is 0. The Labute approximate surface area is 124 Å². The van der Waals surface area contributed by atoms with Crippen LogP contribution in [0.25, 0.3) is 6.08 Å². The fourth-order valence-electron chi connectivity index (χ4n) is 2.79. The number of allylic oxidation sites excluding steroid dienone is 1. The summed E-state index contributed by atoms with van der Waals surface area (Å²) in [7, 11) is 4.88. The molecule has 2 heterocycles. The molecule has 1 aliphatic rings. The number of ether oxygens (including phenoxy) is 3. The Hall–Kier alpha value is -2.36. The van der Waals surface area contributed by atoms with Crippen LogP contribution in [0, 0.1) is 0 Å². The van der Waals surface area contributed by atoms with E-state index in [9.17, 15) is 0 Å². The monoisotopic (exact) mass is 285 g/mol. The molecule has 1 aromatic carbocycles. The van der Waals surface area contributed by atoms with Crippen molar-refractivity contribution in [2.75, 3.05) is 21.3 Å². The zero-order valence-electron chi connectivity index (χ0n) is 12.6. The Bertz CT molecular complexity index is 638. The average Bonchev–Trinajstić information content (AvgIpc) is 3.07. The number of fused-ring (bicyclic) bond motifs is 1. The topological polar surface area (TPSA) is 32.6 Å². The van der Waals surface area contributed by atoms with Gasteiger partial charge in [0.25, 0.3) is 0 Å². The third-order valence-electron chi connectivity index (χ3n) is 3.76. The summed E-state index contributed by atoms with van der Waals surface area (Å²) < 4.78 is 18.4. The van der Waals surface area contributed by atoms with Crippen LogP contribution in [0.2, 0.25) is 0 Å². The molecule has 0 bridgehead atoms. The van der Waals surface area contributed by atoms with Crippen molar-refractivity contribution in [3.63, 3.8) is 0 Å². The van der Waals surface area contributed by atoms with E-state index in [0.717, 1.165) is 18.5 Å². The molecule has 2 aromatic rings. The van der Waals surface area contributed by atoms with E-state index in [-0.39, 0.29) is 0 Å². The first-order valence-electron chi connectivity index (χ1n) is 6.88. The van der Waals surface area contributed by atoms with Crippen molar-refractivity contribution in [2.24, 2.45) is 0 Å². The lowest BCUT2D eigenvalue weighted by Crippen LogP contribution is -1.96. The summed E-state index contributed by atoms with van der Waals surface area (Å²) in [6.07, 6.45) is 5.30. The molecule has 1 aromatic heterocycles. The number of hydrogen-bond acceptors (Lipinski definition) is 3. The molecule has 0 unspecified atom stereocenters. The summed E-state index contributed by atoms with van der Waals surface area (Å²) in [6.45, 7) is 0.943. The van der Waals surface area contributed by atoms with Gasteiger partial charge in [0, 0.05) is 24.9 Å². The minimum atomic E-state index is 0.625. The molecule has 3 rings (SSSR count). The predicted molar refractivity (Wildman–Crippen MR) is 82.2 cm³/mol. The number of methoxy groups -OCH3 is 3. The summed E-state index contributed by atoms with van der Waals surface area (Å²) in [4.78, 5) is 0. The van der Waals surface area contributed by atoms with Crippen molar-refractivity contribution in [1.82, 2.24) is 4.57 Å². The molecule has 0 aliphatic carbocycles. The van der Waals surface area contributed by atoms with Crippen LogP contribution in [0.3, 0.4) is 0 Å². The van der Waals surface area contributed by atoms with Crippen molar-refractivity contribution in [2.45, 2.75) is 13.0 Å². The summed E-state index contributed by atoms with van der Waals surface area (Å²) in [5, 5.41) is 0. The van der Waals surface area contributed by atoms with Gasteiger partial charge in [-0.2, -0.15) is 0 Å². The average molecular weight is 285 g/mol. The number of benzene rings is 1. The first-order valence-corrected chi connectivity index (χ1v) is 6.88. The van der Waals surface area contributed by atoms with Gasteiger partial charge in [-0.25, -0.2) is 0 Å². The number of rotatable bonds is 4. The van der Waals surface area contributed by atoms with Gasteiger partial charge >= 0.3 is 0 Å². The van der Waals surface area contributed by atoms with Crippen LogP contribution in [0.5, 0.6) is 17.2 Å². The molecule has 0 saturated heterocycles. The second kappa shape index (κ2) is 5.56. The zero-order valence-corrected chi connectivity index (χ0v) is 12.6. The van der Waals surface area contributed by atoms with Crippen molar-refractivity contribution in [3.05, 3.63) is 47.3 Å². The maximum Gasteiger partial charge on any atom is 0.203 e. The lowest BCUT2D eigenvalue weighted by atomic mass is 10.1. The standard InChI is InChI=1S/C17H19NO3/c1-19-15-9-12(10-16(20-2)17(15)21-3)7-13-8-14-5-4-6-18(14)11-13/h4-7,9-10H,8,11H2,1-3H3/b13-7+. The highest BCUT2D eigenvalue weighted by atomic mass is 16.5. The fourth-order valence-corrected chi connectivity index (χ4v) is 2.79. The van der Waals surface area contributed by atoms with Crippen molar-refractivity contribution >= 4 is 6.08 Å². The zero-order chi connectivity index (χ0) is 14.8. The normalized spacial score (nSPS) is 15.1. The molecule has 1 aliphatic heterocycles. The third-order valence-corrected chi connectivity index (χ3v) is 3.76. The molecule has 110 valence electrons. The molecular weight excluding hydrogens is 266 g/mol. The third kappa shape index (κ3) is 2.49. The Morgan fingerprint density at radius 3 is 2.33 bits per heavy atom. The van der Waals surface area contributed by atoms with Crippen molar-refractivity contribution in [1.29, 1.82) is 0 Å². The Morgan fingerprint density at radius 1 is 1.05 bits per heavy atom. The van der Waals surface area contributed by atoms with Gasteiger partial charge in [-0.15, -0.1) is 0 Å². The lowest BCUT2D eigenvalue weighted by Gasteiger charge is -2.13. The summed E-state index contributed by atoms with van der Waals surface area (Å²) in [5.41, 5.74) is 3.79. The van der Waals surface area contributed by atoms with Crippen LogP contribution >= 0.6 is 0 Å². The quantitative estimate of drug-likeness (QED) is 0.865. The van der Waals surface area contributed by atoms with E-state index >= 15 is 0 Å². The smallest absolute Gasteiger partial charge is 0.203 e. The van der Waals surface area contributed by atoms with Crippen LogP contribution in [-0.2, 0) is 13.0 Å². The van der Waals surface area contributed by atoms with E-state index in [0.29, 0.717) is 17.2 Å². The second-order valence-electron chi connectivity index (χ2n) is 5.07. The summed E-state index contributed by atoms with van der Waals surface area (Å²) >= 11 is 0.